The summed E-state index contributed by atoms with van der Waals surface area (Å²) < 4.78 is 14.3. The van der Waals surface area contributed by atoms with Crippen molar-refractivity contribution in [2.45, 2.75) is 77.2 Å². The van der Waals surface area contributed by atoms with Crippen molar-refractivity contribution in [1.29, 1.82) is 0 Å². The molecule has 4 rings (SSSR count). The van der Waals surface area contributed by atoms with Gasteiger partial charge in [0.15, 0.2) is 6.17 Å². The van der Waals surface area contributed by atoms with Gasteiger partial charge in [-0.15, -0.1) is 0 Å². The third-order valence-electron chi connectivity index (χ3n) is 8.00. The number of aliphatic hydroxyl groups excluding tert-OH is 2. The van der Waals surface area contributed by atoms with Crippen molar-refractivity contribution in [2.75, 3.05) is 0 Å². The minimum absolute atomic E-state index is 0.0726. The van der Waals surface area contributed by atoms with E-state index in [9.17, 15) is 14.6 Å². The summed E-state index contributed by atoms with van der Waals surface area (Å²) in [4.78, 5) is 0. The minimum atomic E-state index is -1.47. The lowest BCUT2D eigenvalue weighted by molar-refractivity contribution is -0.0935. The fourth-order valence-corrected chi connectivity index (χ4v) is 6.77. The number of halogens is 1. The lowest BCUT2D eigenvalue weighted by Gasteiger charge is -2.58. The average molecular weight is 308 g/mol. The number of alkyl halides is 1. The Balaban J connectivity index is 1.72. The molecular weight excluding hydrogens is 279 g/mol. The summed E-state index contributed by atoms with van der Waals surface area (Å²) in [6.07, 6.45) is 6.78. The SMILES string of the molecule is C[C@]12CC[C@H]3[C@@H](CCC4=CCCC[C@@]43C)[C@@H]1[C@H](O)[C@@H](F)[C@H]2O. The third kappa shape index (κ3) is 1.73. The molecule has 0 saturated heterocycles. The minimum Gasteiger partial charge on any atom is -0.390 e. The van der Waals surface area contributed by atoms with Crippen molar-refractivity contribution >= 4 is 0 Å². The summed E-state index contributed by atoms with van der Waals surface area (Å²) in [6, 6.07) is 0. The Labute approximate surface area is 132 Å². The Morgan fingerprint density at radius 1 is 1.18 bits per heavy atom. The molecule has 22 heavy (non-hydrogen) atoms. The maximum atomic E-state index is 14.3. The quantitative estimate of drug-likeness (QED) is 0.671. The zero-order valence-corrected chi connectivity index (χ0v) is 13.8. The van der Waals surface area contributed by atoms with Crippen LogP contribution in [0.5, 0.6) is 0 Å². The Morgan fingerprint density at radius 2 is 1.95 bits per heavy atom. The highest BCUT2D eigenvalue weighted by Gasteiger charge is 2.65. The van der Waals surface area contributed by atoms with Gasteiger partial charge in [-0.25, -0.2) is 4.39 Å². The zero-order chi connectivity index (χ0) is 15.7. The molecule has 3 heteroatoms. The molecule has 0 heterocycles. The molecule has 2 N–H and O–H groups in total. The van der Waals surface area contributed by atoms with Gasteiger partial charge in [-0.3, -0.25) is 0 Å². The van der Waals surface area contributed by atoms with E-state index in [0.717, 1.165) is 25.7 Å². The van der Waals surface area contributed by atoms with Gasteiger partial charge >= 0.3 is 0 Å². The molecule has 0 unspecified atom stereocenters. The number of hydrogen-bond donors (Lipinski definition) is 2. The van der Waals surface area contributed by atoms with Crippen molar-refractivity contribution in [2.24, 2.45) is 28.6 Å². The monoisotopic (exact) mass is 308 g/mol. The number of hydrogen-bond acceptors (Lipinski definition) is 2. The van der Waals surface area contributed by atoms with E-state index < -0.39 is 23.8 Å². The van der Waals surface area contributed by atoms with Crippen LogP contribution in [0.25, 0.3) is 0 Å². The van der Waals surface area contributed by atoms with Crippen LogP contribution in [0.4, 0.5) is 4.39 Å². The lowest BCUT2D eigenvalue weighted by atomic mass is 9.47. The average Bonchev–Trinajstić information content (AvgIpc) is 2.68. The second-order valence-corrected chi connectivity index (χ2v) is 8.80. The molecular formula is C19H29FO2. The van der Waals surface area contributed by atoms with Crippen LogP contribution in [0, 0.1) is 28.6 Å². The molecule has 4 aliphatic carbocycles. The van der Waals surface area contributed by atoms with E-state index in [1.54, 1.807) is 5.57 Å². The van der Waals surface area contributed by atoms with E-state index in [2.05, 4.69) is 13.0 Å². The fraction of sp³-hybridized carbons (Fsp3) is 0.895. The highest BCUT2D eigenvalue weighted by molar-refractivity contribution is 5.25. The van der Waals surface area contributed by atoms with Gasteiger partial charge in [0.05, 0.1) is 12.2 Å². The van der Waals surface area contributed by atoms with E-state index in [1.165, 1.54) is 19.3 Å². The van der Waals surface area contributed by atoms with Crippen molar-refractivity contribution < 1.29 is 14.6 Å². The standard InChI is InChI=1S/C19H29FO2/c1-18-9-4-3-5-11(18)6-7-12-13(18)8-10-19(2)14(12)16(21)15(20)17(19)22/h5,12-17,21-22H,3-4,6-10H2,1-2H3/t12-,13+,14-,15-,16+,17-,18+,19+/m1/s1. The van der Waals surface area contributed by atoms with Gasteiger partial charge in [0.25, 0.3) is 0 Å². The predicted molar refractivity (Wildman–Crippen MR) is 84.0 cm³/mol. The van der Waals surface area contributed by atoms with E-state index in [-0.39, 0.29) is 11.3 Å². The van der Waals surface area contributed by atoms with Crippen LogP contribution in [0.1, 0.15) is 58.8 Å². The first-order chi connectivity index (χ1) is 10.4. The maximum Gasteiger partial charge on any atom is 0.152 e. The van der Waals surface area contributed by atoms with Crippen LogP contribution < -0.4 is 0 Å². The van der Waals surface area contributed by atoms with Crippen LogP contribution in [0.15, 0.2) is 11.6 Å². The summed E-state index contributed by atoms with van der Waals surface area (Å²) in [5.74, 6) is 0.846. The van der Waals surface area contributed by atoms with E-state index >= 15 is 0 Å². The molecule has 124 valence electrons. The molecule has 3 saturated carbocycles. The summed E-state index contributed by atoms with van der Waals surface area (Å²) in [6.45, 7) is 4.41. The molecule has 0 aliphatic heterocycles. The Morgan fingerprint density at radius 3 is 2.73 bits per heavy atom. The van der Waals surface area contributed by atoms with Gasteiger partial charge in [-0.05, 0) is 68.1 Å². The molecule has 8 atom stereocenters. The van der Waals surface area contributed by atoms with Gasteiger partial charge in [-0.1, -0.05) is 25.5 Å². The van der Waals surface area contributed by atoms with E-state index in [1.807, 2.05) is 6.92 Å². The van der Waals surface area contributed by atoms with E-state index in [0.29, 0.717) is 11.8 Å². The Kier molecular flexibility index (Phi) is 3.30. The Hall–Kier alpha value is -0.410. The molecule has 2 nitrogen and oxygen atoms in total. The van der Waals surface area contributed by atoms with Crippen molar-refractivity contribution in [3.63, 3.8) is 0 Å². The molecule has 0 aromatic carbocycles. The van der Waals surface area contributed by atoms with Gasteiger partial charge in [0.2, 0.25) is 0 Å². The molecule has 0 bridgehead atoms. The van der Waals surface area contributed by atoms with Crippen molar-refractivity contribution in [3.8, 4) is 0 Å². The van der Waals surface area contributed by atoms with Crippen LogP contribution in [0.3, 0.4) is 0 Å². The van der Waals surface area contributed by atoms with Gasteiger partial charge < -0.3 is 10.2 Å². The summed E-state index contributed by atoms with van der Waals surface area (Å²) in [5, 5.41) is 20.9. The summed E-state index contributed by atoms with van der Waals surface area (Å²) in [7, 11) is 0. The van der Waals surface area contributed by atoms with Gasteiger partial charge in [0.1, 0.15) is 0 Å². The molecule has 3 fully saturated rings. The predicted octanol–water partition coefficient (Wildman–Crippen LogP) is 3.62. The molecule has 0 aromatic rings. The normalized spacial score (nSPS) is 57.6. The second-order valence-electron chi connectivity index (χ2n) is 8.80. The largest absolute Gasteiger partial charge is 0.390 e. The highest BCUT2D eigenvalue weighted by Crippen LogP contribution is 2.65. The first-order valence-corrected chi connectivity index (χ1v) is 9.09. The summed E-state index contributed by atoms with van der Waals surface area (Å²) in [5.41, 5.74) is 1.43. The molecule has 0 amide bonds. The third-order valence-corrected chi connectivity index (χ3v) is 8.00. The number of fused-ring (bicyclic) bond motifs is 5. The van der Waals surface area contributed by atoms with E-state index in [4.69, 9.17) is 0 Å². The molecule has 0 radical (unpaired) electrons. The highest BCUT2D eigenvalue weighted by atomic mass is 19.1. The topological polar surface area (TPSA) is 40.5 Å². The molecule has 0 aromatic heterocycles. The smallest absolute Gasteiger partial charge is 0.152 e. The zero-order valence-electron chi connectivity index (χ0n) is 13.8. The number of aliphatic hydroxyl groups is 2. The first kappa shape index (κ1) is 15.1. The first-order valence-electron chi connectivity index (χ1n) is 9.09. The van der Waals surface area contributed by atoms with Crippen molar-refractivity contribution in [1.82, 2.24) is 0 Å². The lowest BCUT2D eigenvalue weighted by Crippen LogP contribution is -2.52. The van der Waals surface area contributed by atoms with Gasteiger partial charge in [-0.2, -0.15) is 0 Å². The Bertz CT molecular complexity index is 504. The summed E-state index contributed by atoms with van der Waals surface area (Å²) >= 11 is 0. The number of rotatable bonds is 0. The maximum absolute atomic E-state index is 14.3. The second kappa shape index (κ2) is 4.80. The molecule has 4 aliphatic rings. The van der Waals surface area contributed by atoms with Crippen LogP contribution in [-0.4, -0.2) is 28.6 Å². The molecule has 0 spiro atoms. The van der Waals surface area contributed by atoms with Gasteiger partial charge in [0, 0.05) is 5.41 Å². The van der Waals surface area contributed by atoms with Crippen molar-refractivity contribution in [3.05, 3.63) is 11.6 Å². The number of allylic oxidation sites excluding steroid dienone is 2. The van der Waals surface area contributed by atoms with Crippen LogP contribution >= 0.6 is 0 Å². The van der Waals surface area contributed by atoms with Crippen LogP contribution in [0.2, 0.25) is 0 Å². The van der Waals surface area contributed by atoms with Crippen LogP contribution in [-0.2, 0) is 0 Å². The fourth-order valence-electron chi connectivity index (χ4n) is 6.77.